The van der Waals surface area contributed by atoms with Crippen molar-refractivity contribution in [3.05, 3.63) is 53.3 Å². The molecule has 0 aromatic heterocycles. The molecule has 0 spiro atoms. The molecule has 0 fully saturated rings. The molecule has 0 saturated carbocycles. The number of nitrogen functional groups attached to an aromatic ring is 1. The first-order valence-corrected chi connectivity index (χ1v) is 5.20. The van der Waals surface area contributed by atoms with Crippen LogP contribution in [0, 0.1) is 19.7 Å². The first-order chi connectivity index (χ1) is 7.58. The van der Waals surface area contributed by atoms with Crippen LogP contribution >= 0.6 is 0 Å². The monoisotopic (exact) mass is 215 g/mol. The molecule has 0 atom stereocenters. The van der Waals surface area contributed by atoms with E-state index in [2.05, 4.69) is 0 Å². The van der Waals surface area contributed by atoms with Gasteiger partial charge in [0.05, 0.1) is 0 Å². The fraction of sp³-hybridized carbons (Fsp3) is 0.143. The molecule has 2 aromatic carbocycles. The maximum atomic E-state index is 13.8. The van der Waals surface area contributed by atoms with E-state index in [1.807, 2.05) is 32.0 Å². The van der Waals surface area contributed by atoms with E-state index in [1.165, 1.54) is 6.07 Å². The van der Waals surface area contributed by atoms with E-state index in [-0.39, 0.29) is 5.82 Å². The SMILES string of the molecule is Cc1ccc(C)c(-c2ccc(N)cc2F)c1. The molecule has 0 aliphatic carbocycles. The number of benzene rings is 2. The molecule has 0 aliphatic heterocycles. The van der Waals surface area contributed by atoms with Crippen molar-refractivity contribution < 1.29 is 4.39 Å². The van der Waals surface area contributed by atoms with Gasteiger partial charge in [0, 0.05) is 11.3 Å². The molecule has 0 aliphatic rings. The summed E-state index contributed by atoms with van der Waals surface area (Å²) in [5.41, 5.74) is 9.71. The number of halogens is 1. The highest BCUT2D eigenvalue weighted by molar-refractivity contribution is 5.70. The van der Waals surface area contributed by atoms with Crippen LogP contribution < -0.4 is 5.73 Å². The zero-order valence-corrected chi connectivity index (χ0v) is 9.42. The summed E-state index contributed by atoms with van der Waals surface area (Å²) in [6.07, 6.45) is 0. The van der Waals surface area contributed by atoms with Gasteiger partial charge >= 0.3 is 0 Å². The summed E-state index contributed by atoms with van der Waals surface area (Å²) < 4.78 is 13.8. The van der Waals surface area contributed by atoms with E-state index >= 15 is 0 Å². The molecule has 0 unspecified atom stereocenters. The first kappa shape index (κ1) is 10.7. The third-order valence-electron chi connectivity index (χ3n) is 2.68. The van der Waals surface area contributed by atoms with Crippen molar-refractivity contribution in [3.8, 4) is 11.1 Å². The minimum Gasteiger partial charge on any atom is -0.399 e. The second-order valence-corrected chi connectivity index (χ2v) is 4.06. The number of nitrogens with two attached hydrogens (primary N) is 1. The lowest BCUT2D eigenvalue weighted by Crippen LogP contribution is -1.91. The Labute approximate surface area is 94.7 Å². The standard InChI is InChI=1S/C14H14FN/c1-9-3-4-10(2)13(7-9)12-6-5-11(16)8-14(12)15/h3-8H,16H2,1-2H3. The van der Waals surface area contributed by atoms with Gasteiger partial charge in [-0.25, -0.2) is 4.39 Å². The number of hydrogen-bond donors (Lipinski definition) is 1. The topological polar surface area (TPSA) is 26.0 Å². The summed E-state index contributed by atoms with van der Waals surface area (Å²) >= 11 is 0. The molecule has 2 heteroatoms. The number of hydrogen-bond acceptors (Lipinski definition) is 1. The Hall–Kier alpha value is -1.83. The summed E-state index contributed by atoms with van der Waals surface area (Å²) in [7, 11) is 0. The molecule has 0 bridgehead atoms. The van der Waals surface area contributed by atoms with Crippen LogP contribution in [-0.2, 0) is 0 Å². The zero-order valence-electron chi connectivity index (χ0n) is 9.42. The quantitative estimate of drug-likeness (QED) is 0.721. The van der Waals surface area contributed by atoms with Crippen molar-refractivity contribution in [2.24, 2.45) is 0 Å². The first-order valence-electron chi connectivity index (χ1n) is 5.20. The van der Waals surface area contributed by atoms with Crippen LogP contribution in [0.15, 0.2) is 36.4 Å². The maximum Gasteiger partial charge on any atom is 0.133 e. The Morgan fingerprint density at radius 1 is 0.938 bits per heavy atom. The molecular formula is C14H14FN. The zero-order chi connectivity index (χ0) is 11.7. The van der Waals surface area contributed by atoms with Gasteiger partial charge in [-0.15, -0.1) is 0 Å². The molecule has 82 valence electrons. The third kappa shape index (κ3) is 1.91. The summed E-state index contributed by atoms with van der Waals surface area (Å²) in [6, 6.07) is 10.8. The van der Waals surface area contributed by atoms with Gasteiger partial charge in [0.25, 0.3) is 0 Å². The molecule has 1 nitrogen and oxygen atoms in total. The minimum atomic E-state index is -0.270. The van der Waals surface area contributed by atoms with Gasteiger partial charge in [0.15, 0.2) is 0 Å². The fourth-order valence-electron chi connectivity index (χ4n) is 1.78. The molecule has 2 aromatic rings. The van der Waals surface area contributed by atoms with Gasteiger partial charge in [-0.1, -0.05) is 23.8 Å². The van der Waals surface area contributed by atoms with Crippen molar-refractivity contribution in [2.45, 2.75) is 13.8 Å². The predicted molar refractivity (Wildman–Crippen MR) is 65.7 cm³/mol. The molecule has 2 N–H and O–H groups in total. The van der Waals surface area contributed by atoms with Gasteiger partial charge in [0.2, 0.25) is 0 Å². The van der Waals surface area contributed by atoms with Crippen LogP contribution in [0.5, 0.6) is 0 Å². The Kier molecular flexibility index (Phi) is 2.65. The molecule has 0 amide bonds. The second-order valence-electron chi connectivity index (χ2n) is 4.06. The van der Waals surface area contributed by atoms with E-state index in [1.54, 1.807) is 12.1 Å². The van der Waals surface area contributed by atoms with Crippen LogP contribution in [-0.4, -0.2) is 0 Å². The lowest BCUT2D eigenvalue weighted by molar-refractivity contribution is 0.632. The van der Waals surface area contributed by atoms with E-state index in [0.717, 1.165) is 16.7 Å². The fourth-order valence-corrected chi connectivity index (χ4v) is 1.78. The van der Waals surface area contributed by atoms with Gasteiger partial charge in [-0.3, -0.25) is 0 Å². The van der Waals surface area contributed by atoms with Crippen molar-refractivity contribution in [1.82, 2.24) is 0 Å². The number of aryl methyl sites for hydroxylation is 2. The Morgan fingerprint density at radius 3 is 2.38 bits per heavy atom. The normalized spacial score (nSPS) is 10.4. The summed E-state index contributed by atoms with van der Waals surface area (Å²) in [6.45, 7) is 3.97. The molecule has 2 rings (SSSR count). The van der Waals surface area contributed by atoms with E-state index in [4.69, 9.17) is 5.73 Å². The largest absolute Gasteiger partial charge is 0.399 e. The van der Waals surface area contributed by atoms with Crippen molar-refractivity contribution >= 4 is 5.69 Å². The Bertz CT molecular complexity index is 532. The Morgan fingerprint density at radius 2 is 1.69 bits per heavy atom. The molecule has 0 saturated heterocycles. The van der Waals surface area contributed by atoms with E-state index in [0.29, 0.717) is 11.3 Å². The van der Waals surface area contributed by atoms with Crippen LogP contribution in [0.4, 0.5) is 10.1 Å². The van der Waals surface area contributed by atoms with Gasteiger partial charge in [0.1, 0.15) is 5.82 Å². The van der Waals surface area contributed by atoms with Crippen LogP contribution in [0.25, 0.3) is 11.1 Å². The predicted octanol–water partition coefficient (Wildman–Crippen LogP) is 3.69. The molecule has 16 heavy (non-hydrogen) atoms. The highest BCUT2D eigenvalue weighted by Gasteiger charge is 2.07. The van der Waals surface area contributed by atoms with Crippen LogP contribution in [0.2, 0.25) is 0 Å². The summed E-state index contributed by atoms with van der Waals surface area (Å²) in [5, 5.41) is 0. The van der Waals surface area contributed by atoms with Crippen LogP contribution in [0.3, 0.4) is 0 Å². The average Bonchev–Trinajstić information content (AvgIpc) is 2.22. The van der Waals surface area contributed by atoms with Crippen molar-refractivity contribution in [2.75, 3.05) is 5.73 Å². The minimum absolute atomic E-state index is 0.270. The smallest absolute Gasteiger partial charge is 0.133 e. The highest BCUT2D eigenvalue weighted by atomic mass is 19.1. The van der Waals surface area contributed by atoms with Crippen LogP contribution in [0.1, 0.15) is 11.1 Å². The Balaban J connectivity index is 2.62. The molecule has 0 heterocycles. The van der Waals surface area contributed by atoms with Crippen molar-refractivity contribution in [1.29, 1.82) is 0 Å². The average molecular weight is 215 g/mol. The third-order valence-corrected chi connectivity index (χ3v) is 2.68. The molecular weight excluding hydrogens is 201 g/mol. The number of anilines is 1. The maximum absolute atomic E-state index is 13.8. The van der Waals surface area contributed by atoms with Gasteiger partial charge in [-0.2, -0.15) is 0 Å². The second kappa shape index (κ2) is 3.97. The number of rotatable bonds is 1. The van der Waals surface area contributed by atoms with E-state index in [9.17, 15) is 4.39 Å². The van der Waals surface area contributed by atoms with Gasteiger partial charge < -0.3 is 5.73 Å². The van der Waals surface area contributed by atoms with Gasteiger partial charge in [-0.05, 0) is 43.2 Å². The summed E-state index contributed by atoms with van der Waals surface area (Å²) in [5.74, 6) is -0.270. The molecule has 0 radical (unpaired) electrons. The lowest BCUT2D eigenvalue weighted by Gasteiger charge is -2.09. The summed E-state index contributed by atoms with van der Waals surface area (Å²) in [4.78, 5) is 0. The lowest BCUT2D eigenvalue weighted by atomic mass is 9.98. The van der Waals surface area contributed by atoms with Crippen molar-refractivity contribution in [3.63, 3.8) is 0 Å². The highest BCUT2D eigenvalue weighted by Crippen LogP contribution is 2.28. The van der Waals surface area contributed by atoms with E-state index < -0.39 is 0 Å².